The average molecular weight is 265 g/mol. The van der Waals surface area contributed by atoms with E-state index in [-0.39, 0.29) is 0 Å². The highest BCUT2D eigenvalue weighted by molar-refractivity contribution is 7.99. The van der Waals surface area contributed by atoms with Gasteiger partial charge in [0.15, 0.2) is 0 Å². The molecule has 1 unspecified atom stereocenters. The molecule has 100 valence electrons. The second-order valence-electron chi connectivity index (χ2n) is 5.11. The van der Waals surface area contributed by atoms with Gasteiger partial charge in [-0.25, -0.2) is 0 Å². The molecular weight excluding hydrogens is 242 g/mol. The van der Waals surface area contributed by atoms with Gasteiger partial charge in [0, 0.05) is 29.7 Å². The van der Waals surface area contributed by atoms with Gasteiger partial charge in [-0.05, 0) is 24.5 Å². The van der Waals surface area contributed by atoms with Gasteiger partial charge in [0.2, 0.25) is 0 Å². The predicted molar refractivity (Wildman–Crippen MR) is 78.3 cm³/mol. The Kier molecular flexibility index (Phi) is 4.71. The van der Waals surface area contributed by atoms with Crippen LogP contribution in [0.4, 0.5) is 0 Å². The van der Waals surface area contributed by atoms with Crippen molar-refractivity contribution < 1.29 is 5.11 Å². The fraction of sp³-hybridized carbons (Fsp3) is 0.600. The molecule has 0 radical (unpaired) electrons. The first kappa shape index (κ1) is 13.9. The molecule has 3 heteroatoms. The van der Waals surface area contributed by atoms with Gasteiger partial charge in [0.25, 0.3) is 0 Å². The zero-order valence-corrected chi connectivity index (χ0v) is 12.1. The Morgan fingerprint density at radius 3 is 2.78 bits per heavy atom. The van der Waals surface area contributed by atoms with E-state index in [0.29, 0.717) is 12.5 Å². The van der Waals surface area contributed by atoms with E-state index in [1.54, 1.807) is 0 Å². The van der Waals surface area contributed by atoms with Crippen molar-refractivity contribution in [2.75, 3.05) is 18.8 Å². The van der Waals surface area contributed by atoms with Gasteiger partial charge in [-0.2, -0.15) is 0 Å². The summed E-state index contributed by atoms with van der Waals surface area (Å²) in [6.07, 6.45) is 1.62. The molecule has 1 heterocycles. The molecule has 0 amide bonds. The van der Waals surface area contributed by atoms with E-state index >= 15 is 0 Å². The summed E-state index contributed by atoms with van der Waals surface area (Å²) in [5.74, 6) is 1.74. The lowest BCUT2D eigenvalue weighted by atomic mass is 9.96. The van der Waals surface area contributed by atoms with E-state index in [0.717, 1.165) is 25.1 Å². The molecule has 1 aromatic carbocycles. The highest BCUT2D eigenvalue weighted by Gasteiger charge is 2.25. The van der Waals surface area contributed by atoms with E-state index in [1.807, 2.05) is 25.6 Å². The van der Waals surface area contributed by atoms with E-state index in [4.69, 9.17) is 0 Å². The zero-order valence-electron chi connectivity index (χ0n) is 11.3. The van der Waals surface area contributed by atoms with Gasteiger partial charge in [-0.3, -0.25) is 0 Å². The van der Waals surface area contributed by atoms with Crippen LogP contribution in [0.2, 0.25) is 0 Å². The van der Waals surface area contributed by atoms with Crippen molar-refractivity contribution in [3.05, 3.63) is 29.8 Å². The van der Waals surface area contributed by atoms with Crippen LogP contribution in [0.3, 0.4) is 0 Å². The fourth-order valence-corrected chi connectivity index (χ4v) is 3.63. The van der Waals surface area contributed by atoms with Gasteiger partial charge in [0.05, 0.1) is 5.60 Å². The topological polar surface area (TPSA) is 32.3 Å². The predicted octanol–water partition coefficient (Wildman–Crippen LogP) is 3.02. The Balaban J connectivity index is 1.86. The zero-order chi connectivity index (χ0) is 13.0. The minimum atomic E-state index is -0.536. The third kappa shape index (κ3) is 3.08. The van der Waals surface area contributed by atoms with Crippen molar-refractivity contribution in [1.29, 1.82) is 0 Å². The van der Waals surface area contributed by atoms with E-state index < -0.39 is 5.60 Å². The van der Waals surface area contributed by atoms with Crippen LogP contribution in [0.15, 0.2) is 29.2 Å². The number of aliphatic hydroxyl groups is 1. The van der Waals surface area contributed by atoms with Gasteiger partial charge < -0.3 is 10.4 Å². The largest absolute Gasteiger partial charge is 0.389 e. The molecule has 1 aliphatic rings. The van der Waals surface area contributed by atoms with Crippen LogP contribution in [0.25, 0.3) is 0 Å². The Morgan fingerprint density at radius 2 is 2.06 bits per heavy atom. The molecule has 1 aliphatic heterocycles. The lowest BCUT2D eigenvalue weighted by Crippen LogP contribution is -2.40. The summed E-state index contributed by atoms with van der Waals surface area (Å²) >= 11 is 1.94. The number of nitrogens with one attached hydrogen (secondary N) is 1. The van der Waals surface area contributed by atoms with E-state index in [9.17, 15) is 5.11 Å². The number of benzene rings is 1. The van der Waals surface area contributed by atoms with E-state index in [2.05, 4.69) is 29.6 Å². The molecule has 0 aliphatic carbocycles. The van der Waals surface area contributed by atoms with Crippen LogP contribution in [0.1, 0.15) is 38.2 Å². The van der Waals surface area contributed by atoms with Crippen LogP contribution in [0, 0.1) is 0 Å². The maximum absolute atomic E-state index is 10.2. The van der Waals surface area contributed by atoms with Crippen molar-refractivity contribution in [2.45, 2.75) is 43.1 Å². The standard InChI is InChI=1S/C15H23NOS/c1-3-15(17,4-2)11-16-9-12-10-18-14-8-6-5-7-13(12)14/h5-8,12,16-17H,3-4,9-11H2,1-2H3. The van der Waals surface area contributed by atoms with Crippen LogP contribution >= 0.6 is 11.8 Å². The summed E-state index contributed by atoms with van der Waals surface area (Å²) in [5, 5.41) is 13.7. The second kappa shape index (κ2) is 6.09. The van der Waals surface area contributed by atoms with Gasteiger partial charge in [0.1, 0.15) is 0 Å². The minimum absolute atomic E-state index is 0.536. The van der Waals surface area contributed by atoms with Gasteiger partial charge in [-0.1, -0.05) is 32.0 Å². The summed E-state index contributed by atoms with van der Waals surface area (Å²) in [4.78, 5) is 1.42. The Labute approximate surface area is 114 Å². The summed E-state index contributed by atoms with van der Waals surface area (Å²) in [5.41, 5.74) is 0.928. The molecule has 2 nitrogen and oxygen atoms in total. The third-order valence-electron chi connectivity index (χ3n) is 3.96. The molecule has 2 N–H and O–H groups in total. The summed E-state index contributed by atoms with van der Waals surface area (Å²) in [7, 11) is 0. The normalized spacial score (nSPS) is 18.9. The number of fused-ring (bicyclic) bond motifs is 1. The molecule has 1 atom stereocenters. The highest BCUT2D eigenvalue weighted by Crippen LogP contribution is 2.38. The molecule has 0 saturated heterocycles. The molecule has 2 rings (SSSR count). The summed E-state index contributed by atoms with van der Waals surface area (Å²) in [6, 6.07) is 8.66. The smallest absolute Gasteiger partial charge is 0.0766 e. The molecule has 0 bridgehead atoms. The molecule has 0 aromatic heterocycles. The summed E-state index contributed by atoms with van der Waals surface area (Å²) in [6.45, 7) is 5.76. The summed E-state index contributed by atoms with van der Waals surface area (Å²) < 4.78 is 0. The minimum Gasteiger partial charge on any atom is -0.389 e. The van der Waals surface area contributed by atoms with Crippen LogP contribution in [-0.4, -0.2) is 29.5 Å². The monoisotopic (exact) mass is 265 g/mol. The van der Waals surface area contributed by atoms with E-state index in [1.165, 1.54) is 10.5 Å². The van der Waals surface area contributed by atoms with Crippen LogP contribution < -0.4 is 5.32 Å². The first-order valence-corrected chi connectivity index (χ1v) is 7.82. The highest BCUT2D eigenvalue weighted by atomic mass is 32.2. The first-order valence-electron chi connectivity index (χ1n) is 6.83. The Bertz CT molecular complexity index is 390. The number of thioether (sulfide) groups is 1. The lowest BCUT2D eigenvalue weighted by molar-refractivity contribution is 0.0325. The molecule has 1 aromatic rings. The number of hydrogen-bond donors (Lipinski definition) is 2. The second-order valence-corrected chi connectivity index (χ2v) is 6.17. The third-order valence-corrected chi connectivity index (χ3v) is 5.21. The SMILES string of the molecule is CCC(O)(CC)CNCC1CSc2ccccc21. The van der Waals surface area contributed by atoms with Gasteiger partial charge >= 0.3 is 0 Å². The van der Waals surface area contributed by atoms with Crippen molar-refractivity contribution in [3.63, 3.8) is 0 Å². The maximum Gasteiger partial charge on any atom is 0.0766 e. The van der Waals surface area contributed by atoms with Crippen molar-refractivity contribution >= 4 is 11.8 Å². The molecule has 18 heavy (non-hydrogen) atoms. The molecule has 0 saturated carbocycles. The maximum atomic E-state index is 10.2. The van der Waals surface area contributed by atoms with Crippen molar-refractivity contribution in [1.82, 2.24) is 5.32 Å². The number of hydrogen-bond acceptors (Lipinski definition) is 3. The fourth-order valence-electron chi connectivity index (χ4n) is 2.38. The molecular formula is C15H23NOS. The Hall–Kier alpha value is -0.510. The van der Waals surface area contributed by atoms with Crippen molar-refractivity contribution in [3.8, 4) is 0 Å². The molecule has 0 fully saturated rings. The van der Waals surface area contributed by atoms with Crippen LogP contribution in [0.5, 0.6) is 0 Å². The first-order chi connectivity index (χ1) is 8.68. The molecule has 0 spiro atoms. The number of rotatable bonds is 6. The van der Waals surface area contributed by atoms with Gasteiger partial charge in [-0.15, -0.1) is 11.8 Å². The lowest BCUT2D eigenvalue weighted by Gasteiger charge is -2.26. The Morgan fingerprint density at radius 1 is 1.33 bits per heavy atom. The van der Waals surface area contributed by atoms with Crippen LogP contribution in [-0.2, 0) is 0 Å². The van der Waals surface area contributed by atoms with Crippen molar-refractivity contribution in [2.24, 2.45) is 0 Å². The average Bonchev–Trinajstić information content (AvgIpc) is 2.82. The quantitative estimate of drug-likeness (QED) is 0.829.